The van der Waals surface area contributed by atoms with Crippen LogP contribution in [0.4, 0.5) is 9.18 Å². The van der Waals surface area contributed by atoms with E-state index in [0.29, 0.717) is 11.1 Å². The Morgan fingerprint density at radius 2 is 1.57 bits per heavy atom. The Morgan fingerprint density at radius 3 is 2.00 bits per heavy atom. The van der Waals surface area contributed by atoms with Gasteiger partial charge in [-0.25, -0.2) is 9.18 Å². The molecule has 1 unspecified atom stereocenters. The summed E-state index contributed by atoms with van der Waals surface area (Å²) in [5, 5.41) is 22.8. The van der Waals surface area contributed by atoms with Crippen molar-refractivity contribution in [2.75, 3.05) is 0 Å². The van der Waals surface area contributed by atoms with Crippen molar-refractivity contribution in [2.24, 2.45) is 0 Å². The topological polar surface area (TPSA) is 94.8 Å². The van der Waals surface area contributed by atoms with Crippen LogP contribution in [0, 0.1) is 5.82 Å². The predicted octanol–water partition coefficient (Wildman–Crippen LogP) is 1.02. The van der Waals surface area contributed by atoms with Crippen LogP contribution in [0.5, 0.6) is 0 Å². The number of carboxylic acids is 1. The van der Waals surface area contributed by atoms with Crippen LogP contribution in [0.2, 0.25) is 0 Å². The number of aliphatic carboxylic acids is 1. The first-order chi connectivity index (χ1) is 10.3. The number of benzene rings is 2. The van der Waals surface area contributed by atoms with Crippen molar-refractivity contribution in [1.29, 1.82) is 0 Å². The first kappa shape index (κ1) is 21.1. The van der Waals surface area contributed by atoms with Crippen molar-refractivity contribution in [3.8, 4) is 11.1 Å². The van der Waals surface area contributed by atoms with Crippen LogP contribution in [0.1, 0.15) is 19.8 Å². The van der Waals surface area contributed by atoms with Gasteiger partial charge in [0.05, 0.1) is 5.92 Å². The summed E-state index contributed by atoms with van der Waals surface area (Å²) in [7, 11) is 0. The van der Waals surface area contributed by atoms with Gasteiger partial charge in [0.15, 0.2) is 0 Å². The molecule has 0 radical (unpaired) electrons. The summed E-state index contributed by atoms with van der Waals surface area (Å²) in [6.07, 6.45) is -1.83. The first-order valence-electron chi connectivity index (χ1n) is 6.32. The van der Waals surface area contributed by atoms with Gasteiger partial charge in [-0.2, -0.15) is 0 Å². The van der Waals surface area contributed by atoms with Gasteiger partial charge in [0.25, 0.3) is 0 Å². The van der Waals surface area contributed by atoms with Crippen LogP contribution in [0.15, 0.2) is 48.5 Å². The van der Waals surface area contributed by atoms with Gasteiger partial charge in [0.1, 0.15) is 5.82 Å². The Hall–Kier alpha value is -1.89. The maximum atomic E-state index is 14.0. The van der Waals surface area contributed by atoms with E-state index in [2.05, 4.69) is 0 Å². The van der Waals surface area contributed by atoms with E-state index < -0.39 is 23.9 Å². The van der Waals surface area contributed by atoms with Gasteiger partial charge in [-0.15, -0.1) is 0 Å². The minimum absolute atomic E-state index is 0. The molecule has 0 aliphatic rings. The monoisotopic (exact) mass is 330 g/mol. The summed E-state index contributed by atoms with van der Waals surface area (Å²) in [4.78, 5) is 19.4. The van der Waals surface area contributed by atoms with Crippen molar-refractivity contribution < 1.29 is 60.3 Å². The van der Waals surface area contributed by atoms with E-state index in [1.807, 2.05) is 30.3 Å². The standard InChI is InChI=1S/C15H13FO2.CH2O3.Na.H/c1-10(15(17)18)12-7-8-13(14(16)9-12)11-5-3-2-4-6-11;2-1(3)4;;/h2-10H,1H3,(H,17,18);(H2,2,3,4);;/q;;+1;-1. The van der Waals surface area contributed by atoms with E-state index in [0.717, 1.165) is 5.56 Å². The average Bonchev–Trinajstić information content (AvgIpc) is 2.46. The molecule has 0 saturated heterocycles. The third-order valence-electron chi connectivity index (χ3n) is 2.95. The van der Waals surface area contributed by atoms with Crippen molar-refractivity contribution in [2.45, 2.75) is 12.8 Å². The fourth-order valence-electron chi connectivity index (χ4n) is 1.80. The van der Waals surface area contributed by atoms with E-state index in [9.17, 15) is 9.18 Å². The SMILES string of the molecule is CC(C(=O)O)c1ccc(-c2ccccc2)c(F)c1.O=C(O)O.[H-].[Na+]. The summed E-state index contributed by atoms with van der Waals surface area (Å²) >= 11 is 0. The molecule has 0 aromatic heterocycles. The van der Waals surface area contributed by atoms with E-state index in [1.54, 1.807) is 19.1 Å². The van der Waals surface area contributed by atoms with E-state index >= 15 is 0 Å². The van der Waals surface area contributed by atoms with Crippen molar-refractivity contribution in [3.05, 3.63) is 59.9 Å². The van der Waals surface area contributed by atoms with Crippen LogP contribution >= 0.6 is 0 Å². The quantitative estimate of drug-likeness (QED) is 0.731. The maximum absolute atomic E-state index is 14.0. The third kappa shape index (κ3) is 6.81. The van der Waals surface area contributed by atoms with Gasteiger partial charge >= 0.3 is 41.7 Å². The minimum Gasteiger partial charge on any atom is -1.00 e. The van der Waals surface area contributed by atoms with Crippen molar-refractivity contribution >= 4 is 12.1 Å². The van der Waals surface area contributed by atoms with Gasteiger partial charge in [0, 0.05) is 5.56 Å². The normalized spacial score (nSPS) is 10.5. The van der Waals surface area contributed by atoms with Crippen molar-refractivity contribution in [3.63, 3.8) is 0 Å². The van der Waals surface area contributed by atoms with Gasteiger partial charge in [-0.1, -0.05) is 42.5 Å². The van der Waals surface area contributed by atoms with Crippen LogP contribution in [-0.4, -0.2) is 27.4 Å². The Morgan fingerprint density at radius 1 is 1.04 bits per heavy atom. The smallest absolute Gasteiger partial charge is 1.00 e. The Bertz CT molecular complexity index is 663. The molecule has 2 aromatic rings. The molecule has 2 aromatic carbocycles. The summed E-state index contributed by atoms with van der Waals surface area (Å²) < 4.78 is 14.0. The predicted molar refractivity (Wildman–Crippen MR) is 79.7 cm³/mol. The largest absolute Gasteiger partial charge is 1.00 e. The molecule has 0 heterocycles. The van der Waals surface area contributed by atoms with E-state index in [1.165, 1.54) is 6.07 Å². The van der Waals surface area contributed by atoms with E-state index in [-0.39, 0.29) is 31.0 Å². The summed E-state index contributed by atoms with van der Waals surface area (Å²) in [6.45, 7) is 1.54. The zero-order valence-electron chi connectivity index (χ0n) is 13.7. The number of hydrogen-bond acceptors (Lipinski definition) is 2. The second-order valence-corrected chi connectivity index (χ2v) is 4.45. The molecule has 0 fully saturated rings. The molecule has 118 valence electrons. The van der Waals surface area contributed by atoms with Gasteiger partial charge < -0.3 is 16.7 Å². The fourth-order valence-corrected chi connectivity index (χ4v) is 1.80. The number of carbonyl (C=O) groups is 2. The molecule has 0 aliphatic heterocycles. The number of rotatable bonds is 3. The molecule has 5 nitrogen and oxygen atoms in total. The summed E-state index contributed by atoms with van der Waals surface area (Å²) in [5.41, 5.74) is 1.74. The van der Waals surface area contributed by atoms with Crippen LogP contribution in [-0.2, 0) is 4.79 Å². The average molecular weight is 330 g/mol. The second kappa shape index (κ2) is 9.99. The molecule has 0 spiro atoms. The van der Waals surface area contributed by atoms with Gasteiger partial charge in [-0.05, 0) is 24.1 Å². The molecular formula is C16H16FNaO5. The molecular weight excluding hydrogens is 314 g/mol. The third-order valence-corrected chi connectivity index (χ3v) is 2.95. The Balaban J connectivity index is 0. The molecule has 0 saturated carbocycles. The first-order valence-corrected chi connectivity index (χ1v) is 6.32. The molecule has 0 aliphatic carbocycles. The molecule has 0 bridgehead atoms. The molecule has 3 N–H and O–H groups in total. The van der Waals surface area contributed by atoms with Crippen LogP contribution in [0.25, 0.3) is 11.1 Å². The van der Waals surface area contributed by atoms with Crippen LogP contribution in [0.3, 0.4) is 0 Å². The molecule has 1 atom stereocenters. The number of halogens is 1. The van der Waals surface area contributed by atoms with Crippen molar-refractivity contribution in [1.82, 2.24) is 0 Å². The Labute approximate surface area is 156 Å². The zero-order valence-corrected chi connectivity index (χ0v) is 14.7. The molecule has 7 heteroatoms. The minimum atomic E-state index is -1.83. The molecule has 0 amide bonds. The fraction of sp³-hybridized carbons (Fsp3) is 0.125. The summed E-state index contributed by atoms with van der Waals surface area (Å²) in [6, 6.07) is 13.7. The Kier molecular flexibility index (Phi) is 9.17. The number of carboxylic acid groups (broad SMARTS) is 3. The molecule has 23 heavy (non-hydrogen) atoms. The number of hydrogen-bond donors (Lipinski definition) is 3. The second-order valence-electron chi connectivity index (χ2n) is 4.45. The van der Waals surface area contributed by atoms with Crippen LogP contribution < -0.4 is 29.6 Å². The zero-order chi connectivity index (χ0) is 16.7. The van der Waals surface area contributed by atoms with E-state index in [4.69, 9.17) is 20.1 Å². The maximum Gasteiger partial charge on any atom is 1.00 e. The van der Waals surface area contributed by atoms with Gasteiger partial charge in [0.2, 0.25) is 0 Å². The molecule has 2 rings (SSSR count). The summed E-state index contributed by atoms with van der Waals surface area (Å²) in [5.74, 6) is -2.06. The van der Waals surface area contributed by atoms with Gasteiger partial charge in [-0.3, -0.25) is 4.79 Å².